The number of benzene rings is 1. The third-order valence-electron chi connectivity index (χ3n) is 3.11. The van der Waals surface area contributed by atoms with Crippen molar-refractivity contribution in [3.63, 3.8) is 0 Å². The fraction of sp³-hybridized carbons (Fsp3) is 0.214. The predicted molar refractivity (Wildman–Crippen MR) is 59.6 cm³/mol. The fourth-order valence-corrected chi connectivity index (χ4v) is 2.07. The molecule has 74 valence electrons. The molecule has 0 bridgehead atoms. The molecular weight excluding hydrogens is 184 g/mol. The van der Waals surface area contributed by atoms with E-state index in [0.717, 1.165) is 17.1 Å². The number of fused-ring (bicyclic) bond motifs is 1. The monoisotopic (exact) mass is 196 g/mol. The van der Waals surface area contributed by atoms with E-state index in [1.807, 2.05) is 36.4 Å². The topological polar surface area (TPSA) is 17.1 Å². The summed E-state index contributed by atoms with van der Waals surface area (Å²) in [6.45, 7) is 0. The van der Waals surface area contributed by atoms with Crippen LogP contribution in [0.5, 0.6) is 0 Å². The molecule has 2 aliphatic carbocycles. The molecule has 1 saturated carbocycles. The highest BCUT2D eigenvalue weighted by Crippen LogP contribution is 2.44. The van der Waals surface area contributed by atoms with E-state index in [-0.39, 0.29) is 5.78 Å². The summed E-state index contributed by atoms with van der Waals surface area (Å²) in [6, 6.07) is 9.48. The molecule has 0 aromatic heterocycles. The molecule has 0 heterocycles. The highest BCUT2D eigenvalue weighted by Gasteiger charge is 2.35. The van der Waals surface area contributed by atoms with Gasteiger partial charge < -0.3 is 0 Å². The summed E-state index contributed by atoms with van der Waals surface area (Å²) in [5.74, 6) is 1.51. The molecule has 15 heavy (non-hydrogen) atoms. The standard InChI is InChI=1S/C14H12O/c15-14(10-4-2-1-3-5-10)12-7-6-11-8-13(11)9-12/h1-7,9,11,13H,8H2. The van der Waals surface area contributed by atoms with Crippen molar-refractivity contribution in [2.45, 2.75) is 6.42 Å². The van der Waals surface area contributed by atoms with Gasteiger partial charge in [-0.2, -0.15) is 0 Å². The maximum absolute atomic E-state index is 12.0. The first-order valence-electron chi connectivity index (χ1n) is 5.34. The minimum absolute atomic E-state index is 0.150. The van der Waals surface area contributed by atoms with Crippen LogP contribution in [0.2, 0.25) is 0 Å². The number of carbonyl (C=O) groups excluding carboxylic acids is 1. The number of carbonyl (C=O) groups is 1. The van der Waals surface area contributed by atoms with Crippen LogP contribution in [0, 0.1) is 11.8 Å². The van der Waals surface area contributed by atoms with Crippen LogP contribution >= 0.6 is 0 Å². The van der Waals surface area contributed by atoms with Crippen molar-refractivity contribution in [2.24, 2.45) is 11.8 Å². The van der Waals surface area contributed by atoms with Crippen LogP contribution in [0.3, 0.4) is 0 Å². The number of rotatable bonds is 2. The van der Waals surface area contributed by atoms with Crippen LogP contribution in [0.15, 0.2) is 54.1 Å². The van der Waals surface area contributed by atoms with Gasteiger partial charge in [-0.15, -0.1) is 0 Å². The lowest BCUT2D eigenvalue weighted by Crippen LogP contribution is -2.03. The second kappa shape index (κ2) is 3.20. The van der Waals surface area contributed by atoms with E-state index >= 15 is 0 Å². The zero-order valence-corrected chi connectivity index (χ0v) is 8.39. The lowest BCUT2D eigenvalue weighted by Gasteiger charge is -2.05. The molecule has 2 atom stereocenters. The number of allylic oxidation sites excluding steroid dienone is 4. The molecule has 1 fully saturated rings. The molecule has 3 rings (SSSR count). The van der Waals surface area contributed by atoms with Gasteiger partial charge in [-0.1, -0.05) is 48.6 Å². The van der Waals surface area contributed by atoms with E-state index in [2.05, 4.69) is 12.2 Å². The van der Waals surface area contributed by atoms with Crippen LogP contribution in [-0.2, 0) is 0 Å². The van der Waals surface area contributed by atoms with E-state index in [1.54, 1.807) is 0 Å². The Kier molecular flexibility index (Phi) is 1.84. The first-order chi connectivity index (χ1) is 7.34. The third kappa shape index (κ3) is 1.54. The van der Waals surface area contributed by atoms with Gasteiger partial charge in [0.15, 0.2) is 5.78 Å². The van der Waals surface area contributed by atoms with E-state index in [9.17, 15) is 4.79 Å². The summed E-state index contributed by atoms with van der Waals surface area (Å²) in [6.07, 6.45) is 7.49. The Morgan fingerprint density at radius 2 is 1.93 bits per heavy atom. The minimum Gasteiger partial charge on any atom is -0.289 e. The predicted octanol–water partition coefficient (Wildman–Crippen LogP) is 3.00. The van der Waals surface area contributed by atoms with Crippen molar-refractivity contribution in [1.82, 2.24) is 0 Å². The van der Waals surface area contributed by atoms with Gasteiger partial charge in [0.25, 0.3) is 0 Å². The largest absolute Gasteiger partial charge is 0.289 e. The molecule has 0 amide bonds. The second-order valence-corrected chi connectivity index (χ2v) is 4.24. The second-order valence-electron chi connectivity index (χ2n) is 4.24. The summed E-state index contributed by atoms with van der Waals surface area (Å²) in [7, 11) is 0. The Morgan fingerprint density at radius 3 is 2.67 bits per heavy atom. The van der Waals surface area contributed by atoms with Crippen molar-refractivity contribution in [3.05, 3.63) is 59.7 Å². The van der Waals surface area contributed by atoms with E-state index < -0.39 is 0 Å². The SMILES string of the molecule is O=C(C1=CC2CC2C=C1)c1ccccc1. The van der Waals surface area contributed by atoms with Crippen LogP contribution in [-0.4, -0.2) is 5.78 Å². The van der Waals surface area contributed by atoms with Gasteiger partial charge in [0.05, 0.1) is 0 Å². The summed E-state index contributed by atoms with van der Waals surface area (Å²) >= 11 is 0. The summed E-state index contributed by atoms with van der Waals surface area (Å²) < 4.78 is 0. The summed E-state index contributed by atoms with van der Waals surface area (Å²) in [4.78, 5) is 12.0. The van der Waals surface area contributed by atoms with Crippen molar-refractivity contribution in [3.8, 4) is 0 Å². The van der Waals surface area contributed by atoms with Gasteiger partial charge in [-0.3, -0.25) is 4.79 Å². The highest BCUT2D eigenvalue weighted by molar-refractivity contribution is 6.10. The molecule has 0 spiro atoms. The minimum atomic E-state index is 0.150. The maximum Gasteiger partial charge on any atom is 0.192 e. The van der Waals surface area contributed by atoms with Crippen molar-refractivity contribution < 1.29 is 4.79 Å². The van der Waals surface area contributed by atoms with Crippen molar-refractivity contribution >= 4 is 5.78 Å². The lowest BCUT2D eigenvalue weighted by atomic mass is 9.98. The summed E-state index contributed by atoms with van der Waals surface area (Å²) in [5.41, 5.74) is 1.65. The molecule has 2 unspecified atom stereocenters. The molecule has 0 aliphatic heterocycles. The zero-order chi connectivity index (χ0) is 10.3. The van der Waals surface area contributed by atoms with Gasteiger partial charge in [0.1, 0.15) is 0 Å². The third-order valence-corrected chi connectivity index (χ3v) is 3.11. The zero-order valence-electron chi connectivity index (χ0n) is 8.39. The van der Waals surface area contributed by atoms with Crippen molar-refractivity contribution in [2.75, 3.05) is 0 Å². The quantitative estimate of drug-likeness (QED) is 0.664. The number of ketones is 1. The Balaban J connectivity index is 1.89. The molecule has 1 nitrogen and oxygen atoms in total. The van der Waals surface area contributed by atoms with Crippen LogP contribution in [0.1, 0.15) is 16.8 Å². The molecule has 2 aliphatic rings. The molecular formula is C14H12O. The number of hydrogen-bond donors (Lipinski definition) is 0. The lowest BCUT2D eigenvalue weighted by molar-refractivity contribution is 0.103. The average molecular weight is 196 g/mol. The highest BCUT2D eigenvalue weighted by atomic mass is 16.1. The Morgan fingerprint density at radius 1 is 1.13 bits per heavy atom. The van der Waals surface area contributed by atoms with E-state index in [1.165, 1.54) is 6.42 Å². The Hall–Kier alpha value is -1.63. The molecule has 0 radical (unpaired) electrons. The summed E-state index contributed by atoms with van der Waals surface area (Å²) in [5, 5.41) is 0. The van der Waals surface area contributed by atoms with Crippen LogP contribution < -0.4 is 0 Å². The maximum atomic E-state index is 12.0. The van der Waals surface area contributed by atoms with Gasteiger partial charge in [0.2, 0.25) is 0 Å². The molecule has 0 N–H and O–H groups in total. The first kappa shape index (κ1) is 8.66. The van der Waals surface area contributed by atoms with Crippen LogP contribution in [0.4, 0.5) is 0 Å². The van der Waals surface area contributed by atoms with Gasteiger partial charge >= 0.3 is 0 Å². The normalized spacial score (nSPS) is 26.8. The average Bonchev–Trinajstić information content (AvgIpc) is 3.07. The molecule has 1 aromatic carbocycles. The van der Waals surface area contributed by atoms with Crippen LogP contribution in [0.25, 0.3) is 0 Å². The van der Waals surface area contributed by atoms with Gasteiger partial charge in [-0.25, -0.2) is 0 Å². The Bertz CT molecular complexity index is 453. The molecule has 1 aromatic rings. The first-order valence-corrected chi connectivity index (χ1v) is 5.34. The smallest absolute Gasteiger partial charge is 0.192 e. The molecule has 0 saturated heterocycles. The van der Waals surface area contributed by atoms with Gasteiger partial charge in [0, 0.05) is 11.1 Å². The fourth-order valence-electron chi connectivity index (χ4n) is 2.07. The molecule has 1 heteroatoms. The number of hydrogen-bond acceptors (Lipinski definition) is 1. The van der Waals surface area contributed by atoms with E-state index in [4.69, 9.17) is 0 Å². The number of Topliss-reactive ketones (excluding diaryl/α,β-unsaturated/α-hetero) is 1. The Labute approximate surface area is 89.1 Å². The van der Waals surface area contributed by atoms with Crippen molar-refractivity contribution in [1.29, 1.82) is 0 Å². The van der Waals surface area contributed by atoms with E-state index in [0.29, 0.717) is 5.92 Å². The van der Waals surface area contributed by atoms with Gasteiger partial charge in [-0.05, 0) is 18.3 Å².